The summed E-state index contributed by atoms with van der Waals surface area (Å²) in [5, 5.41) is 4.02. The molecule has 8 heteroatoms. The number of alkyl halides is 3. The minimum absolute atomic E-state index is 0.193. The van der Waals surface area contributed by atoms with Crippen LogP contribution < -0.4 is 5.32 Å². The molecule has 1 unspecified atom stereocenters. The van der Waals surface area contributed by atoms with Gasteiger partial charge in [0.15, 0.2) is 0 Å². The van der Waals surface area contributed by atoms with Gasteiger partial charge in [0.1, 0.15) is 5.60 Å². The molecule has 1 amide bonds. The highest BCUT2D eigenvalue weighted by Crippen LogP contribution is 2.44. The average molecular weight is 554 g/mol. The van der Waals surface area contributed by atoms with Crippen LogP contribution in [0.15, 0.2) is 59.8 Å². The van der Waals surface area contributed by atoms with Crippen LogP contribution in [-0.4, -0.2) is 34.7 Å². The van der Waals surface area contributed by atoms with E-state index in [1.807, 2.05) is 32.9 Å². The second-order valence-corrected chi connectivity index (χ2v) is 11.8. The van der Waals surface area contributed by atoms with Crippen molar-refractivity contribution < 1.29 is 22.7 Å². The molecule has 0 bridgehead atoms. The third kappa shape index (κ3) is 6.16. The first-order chi connectivity index (χ1) is 19.0. The summed E-state index contributed by atoms with van der Waals surface area (Å²) in [6.45, 7) is 6.86. The number of unbranched alkanes of at least 4 members (excludes halogenated alkanes) is 1. The standard InChI is InChI=1S/C32H38F3N3O2/c1-31(2,3)40-30(39)36-19-7-6-13-27(21-9-8-10-21)38-20-18-25-24-11-4-5-12-26(24)37-28(25)29(38)22-14-16-23(17-15-22)32(33,34)35/h4-5,11-12,14-17,29,37H,6-10,13,18-20H2,1-3H3,(H,36,39). The van der Waals surface area contributed by atoms with Crippen LogP contribution in [0.3, 0.4) is 0 Å². The zero-order valence-corrected chi connectivity index (χ0v) is 23.5. The molecule has 5 rings (SSSR count). The molecule has 1 aliphatic heterocycles. The van der Waals surface area contributed by atoms with Gasteiger partial charge in [0.25, 0.3) is 0 Å². The largest absolute Gasteiger partial charge is 0.444 e. The van der Waals surface area contributed by atoms with Crippen molar-refractivity contribution in [2.45, 2.75) is 83.5 Å². The van der Waals surface area contributed by atoms with E-state index in [2.05, 4.69) is 27.3 Å². The van der Waals surface area contributed by atoms with Crippen LogP contribution in [0.1, 0.15) is 87.7 Å². The highest BCUT2D eigenvalue weighted by molar-refractivity contribution is 5.85. The topological polar surface area (TPSA) is 57.4 Å². The smallest absolute Gasteiger partial charge is 0.416 e. The molecule has 40 heavy (non-hydrogen) atoms. The number of alkyl carbamates (subject to hydrolysis) is 1. The SMILES string of the molecule is CC(C)(C)OC(=O)NCCCCC(=C1CCC1)N1CCc2c([nH]c3ccccc23)C1c1ccc(C(F)(F)F)cc1. The molecule has 0 radical (unpaired) electrons. The summed E-state index contributed by atoms with van der Waals surface area (Å²) in [5.41, 5.74) is 5.80. The lowest BCUT2D eigenvalue weighted by Gasteiger charge is -2.42. The van der Waals surface area contributed by atoms with E-state index < -0.39 is 23.4 Å². The van der Waals surface area contributed by atoms with E-state index >= 15 is 0 Å². The minimum Gasteiger partial charge on any atom is -0.444 e. The molecule has 2 aliphatic rings. The van der Waals surface area contributed by atoms with Crippen LogP contribution >= 0.6 is 0 Å². The van der Waals surface area contributed by atoms with Crippen molar-refractivity contribution in [3.63, 3.8) is 0 Å². The maximum atomic E-state index is 13.4. The first-order valence-electron chi connectivity index (χ1n) is 14.2. The number of halogens is 3. The van der Waals surface area contributed by atoms with Gasteiger partial charge in [-0.25, -0.2) is 4.79 Å². The van der Waals surface area contributed by atoms with Crippen molar-refractivity contribution >= 4 is 17.0 Å². The van der Waals surface area contributed by atoms with E-state index in [4.69, 9.17) is 4.74 Å². The monoisotopic (exact) mass is 553 g/mol. The first kappa shape index (κ1) is 28.1. The summed E-state index contributed by atoms with van der Waals surface area (Å²) in [6, 6.07) is 13.7. The number of allylic oxidation sites excluding steroid dienone is 2. The molecule has 1 saturated carbocycles. The van der Waals surface area contributed by atoms with Crippen LogP contribution in [0.5, 0.6) is 0 Å². The van der Waals surface area contributed by atoms with Crippen LogP contribution in [0.2, 0.25) is 0 Å². The Bertz CT molecular complexity index is 1380. The Hall–Kier alpha value is -3.42. The lowest BCUT2D eigenvalue weighted by molar-refractivity contribution is -0.137. The van der Waals surface area contributed by atoms with E-state index in [9.17, 15) is 18.0 Å². The Morgan fingerprint density at radius 2 is 1.75 bits per heavy atom. The number of fused-ring (bicyclic) bond motifs is 3. The summed E-state index contributed by atoms with van der Waals surface area (Å²) in [7, 11) is 0. The predicted molar refractivity (Wildman–Crippen MR) is 151 cm³/mol. The number of aromatic nitrogens is 1. The fraction of sp³-hybridized carbons (Fsp3) is 0.469. The summed E-state index contributed by atoms with van der Waals surface area (Å²) < 4.78 is 45.5. The van der Waals surface area contributed by atoms with Gasteiger partial charge in [-0.15, -0.1) is 0 Å². The van der Waals surface area contributed by atoms with E-state index in [0.717, 1.165) is 68.3 Å². The van der Waals surface area contributed by atoms with E-state index in [-0.39, 0.29) is 6.04 Å². The van der Waals surface area contributed by atoms with E-state index in [1.54, 1.807) is 12.1 Å². The Kier molecular flexibility index (Phi) is 7.89. The van der Waals surface area contributed by atoms with Gasteiger partial charge in [0, 0.05) is 35.4 Å². The maximum Gasteiger partial charge on any atom is 0.416 e. The van der Waals surface area contributed by atoms with E-state index in [0.29, 0.717) is 6.54 Å². The first-order valence-corrected chi connectivity index (χ1v) is 14.2. The summed E-state index contributed by atoms with van der Waals surface area (Å²) in [6.07, 6.45) is 1.93. The van der Waals surface area contributed by atoms with Crippen molar-refractivity contribution in [2.24, 2.45) is 0 Å². The third-order valence-electron chi connectivity index (χ3n) is 7.81. The Morgan fingerprint density at radius 1 is 1.02 bits per heavy atom. The van der Waals surface area contributed by atoms with Crippen molar-refractivity contribution in [2.75, 3.05) is 13.1 Å². The number of hydrogen-bond acceptors (Lipinski definition) is 3. The Balaban J connectivity index is 1.40. The number of rotatable bonds is 7. The number of nitrogens with one attached hydrogen (secondary N) is 2. The molecule has 2 N–H and O–H groups in total. The number of aromatic amines is 1. The van der Waals surface area contributed by atoms with Gasteiger partial charge in [-0.1, -0.05) is 35.9 Å². The molecule has 2 aromatic carbocycles. The summed E-state index contributed by atoms with van der Waals surface area (Å²) in [5.74, 6) is 0. The molecule has 1 fully saturated rings. The molecule has 1 aliphatic carbocycles. The van der Waals surface area contributed by atoms with Gasteiger partial charge >= 0.3 is 12.3 Å². The average Bonchev–Trinajstić information content (AvgIpc) is 3.23. The van der Waals surface area contributed by atoms with E-state index in [1.165, 1.54) is 34.4 Å². The minimum atomic E-state index is -4.37. The molecule has 0 spiro atoms. The van der Waals surface area contributed by atoms with Crippen LogP contribution in [0.25, 0.3) is 10.9 Å². The molecule has 3 aromatic rings. The molecule has 214 valence electrons. The highest BCUT2D eigenvalue weighted by atomic mass is 19.4. The third-order valence-corrected chi connectivity index (χ3v) is 7.81. The van der Waals surface area contributed by atoms with Gasteiger partial charge < -0.3 is 19.9 Å². The van der Waals surface area contributed by atoms with Gasteiger partial charge in [-0.05, 0) is 95.0 Å². The molecule has 5 nitrogen and oxygen atoms in total. The quantitative estimate of drug-likeness (QED) is 0.290. The second-order valence-electron chi connectivity index (χ2n) is 11.8. The predicted octanol–water partition coefficient (Wildman–Crippen LogP) is 8.27. The molecule has 1 aromatic heterocycles. The normalized spacial score (nSPS) is 17.4. The number of H-pyrrole nitrogens is 1. The number of hydrogen-bond donors (Lipinski definition) is 2. The number of ether oxygens (including phenoxy) is 1. The number of carbonyl (C=O) groups is 1. The van der Waals surface area contributed by atoms with Gasteiger partial charge in [-0.3, -0.25) is 0 Å². The number of benzene rings is 2. The van der Waals surface area contributed by atoms with Gasteiger partial charge in [-0.2, -0.15) is 13.2 Å². The van der Waals surface area contributed by atoms with Crippen molar-refractivity contribution in [3.05, 3.63) is 82.2 Å². The number of nitrogens with zero attached hydrogens (tertiary/aromatic N) is 1. The van der Waals surface area contributed by atoms with Gasteiger partial charge in [0.05, 0.1) is 11.6 Å². The molecular weight excluding hydrogens is 515 g/mol. The van der Waals surface area contributed by atoms with Crippen molar-refractivity contribution in [1.82, 2.24) is 15.2 Å². The zero-order valence-electron chi connectivity index (χ0n) is 23.5. The summed E-state index contributed by atoms with van der Waals surface area (Å²) in [4.78, 5) is 18.1. The molecule has 1 atom stereocenters. The lowest BCUT2D eigenvalue weighted by atomic mass is 9.85. The number of amides is 1. The van der Waals surface area contributed by atoms with Gasteiger partial charge in [0.2, 0.25) is 0 Å². The lowest BCUT2D eigenvalue weighted by Crippen LogP contribution is -2.37. The number of para-hydroxylation sites is 1. The van der Waals surface area contributed by atoms with Crippen LogP contribution in [0.4, 0.5) is 18.0 Å². The van der Waals surface area contributed by atoms with Crippen LogP contribution in [0, 0.1) is 0 Å². The zero-order chi connectivity index (χ0) is 28.5. The maximum absolute atomic E-state index is 13.4. The second kappa shape index (κ2) is 11.2. The molecular formula is C32H38F3N3O2. The molecule has 2 heterocycles. The number of carbonyl (C=O) groups excluding carboxylic acids is 1. The van der Waals surface area contributed by atoms with Crippen molar-refractivity contribution in [1.29, 1.82) is 0 Å². The van der Waals surface area contributed by atoms with Crippen molar-refractivity contribution in [3.8, 4) is 0 Å². The fourth-order valence-electron chi connectivity index (χ4n) is 5.82. The fourth-order valence-corrected chi connectivity index (χ4v) is 5.82. The Morgan fingerprint density at radius 3 is 2.40 bits per heavy atom. The highest BCUT2D eigenvalue weighted by Gasteiger charge is 2.36. The Labute approximate surface area is 233 Å². The van der Waals surface area contributed by atoms with Crippen LogP contribution in [-0.2, 0) is 17.3 Å². The summed E-state index contributed by atoms with van der Waals surface area (Å²) >= 11 is 0. The molecule has 0 saturated heterocycles.